The molecule has 1 aromatic rings. The zero-order valence-electron chi connectivity index (χ0n) is 11.5. The molecule has 110 valence electrons. The van der Waals surface area contributed by atoms with E-state index in [0.29, 0.717) is 12.3 Å². The molecule has 0 saturated heterocycles. The summed E-state index contributed by atoms with van der Waals surface area (Å²) in [6, 6.07) is 5.71. The third-order valence-corrected chi connectivity index (χ3v) is 4.99. The van der Waals surface area contributed by atoms with E-state index in [1.807, 2.05) is 25.1 Å². The van der Waals surface area contributed by atoms with E-state index in [1.165, 1.54) is 11.8 Å². The Balaban J connectivity index is 2.30. The van der Waals surface area contributed by atoms with Crippen molar-refractivity contribution in [3.8, 4) is 5.75 Å². The Hall–Kier alpha value is -0.980. The van der Waals surface area contributed by atoms with Crippen molar-refractivity contribution in [1.82, 2.24) is 0 Å². The van der Waals surface area contributed by atoms with E-state index >= 15 is 0 Å². The third kappa shape index (κ3) is 4.49. The fourth-order valence-electron chi connectivity index (χ4n) is 1.65. The SMILES string of the molecule is C=CCSC1=N/C(=C/c2cc(Br)ccc2OCC)C(=O)S1. The minimum absolute atomic E-state index is 0.0380. The van der Waals surface area contributed by atoms with Crippen molar-refractivity contribution in [3.05, 3.63) is 46.6 Å². The lowest BCUT2D eigenvalue weighted by atomic mass is 10.1. The fourth-order valence-corrected chi connectivity index (χ4v) is 3.63. The van der Waals surface area contributed by atoms with E-state index < -0.39 is 0 Å². The minimum Gasteiger partial charge on any atom is -0.493 e. The van der Waals surface area contributed by atoms with Gasteiger partial charge in [-0.05, 0) is 43.0 Å². The second-order valence-electron chi connectivity index (χ2n) is 4.01. The number of rotatable bonds is 5. The zero-order chi connectivity index (χ0) is 15.2. The van der Waals surface area contributed by atoms with E-state index in [1.54, 1.807) is 12.2 Å². The molecule has 3 nitrogen and oxygen atoms in total. The van der Waals surface area contributed by atoms with Crippen molar-refractivity contribution in [2.45, 2.75) is 6.92 Å². The van der Waals surface area contributed by atoms with Crippen LogP contribution in [-0.4, -0.2) is 21.9 Å². The highest BCUT2D eigenvalue weighted by atomic mass is 79.9. The highest BCUT2D eigenvalue weighted by Crippen LogP contribution is 2.33. The van der Waals surface area contributed by atoms with Gasteiger partial charge in [-0.25, -0.2) is 4.99 Å². The maximum absolute atomic E-state index is 12.0. The van der Waals surface area contributed by atoms with Crippen molar-refractivity contribution in [3.63, 3.8) is 0 Å². The minimum atomic E-state index is -0.0380. The third-order valence-electron chi connectivity index (χ3n) is 2.49. The lowest BCUT2D eigenvalue weighted by Gasteiger charge is -2.07. The fraction of sp³-hybridized carbons (Fsp3) is 0.200. The number of carbonyl (C=O) groups excluding carboxylic acids is 1. The molecular formula is C15H14BrNO2S2. The molecule has 1 aliphatic heterocycles. The van der Waals surface area contributed by atoms with Crippen LogP contribution in [0.25, 0.3) is 6.08 Å². The van der Waals surface area contributed by atoms with Gasteiger partial charge in [-0.15, -0.1) is 6.58 Å². The molecule has 1 aliphatic rings. The van der Waals surface area contributed by atoms with Crippen LogP contribution in [0, 0.1) is 0 Å². The molecule has 0 atom stereocenters. The van der Waals surface area contributed by atoms with Gasteiger partial charge in [0, 0.05) is 15.8 Å². The number of halogens is 1. The molecule has 0 radical (unpaired) electrons. The maximum Gasteiger partial charge on any atom is 0.244 e. The highest BCUT2D eigenvalue weighted by molar-refractivity contribution is 9.10. The molecule has 0 aromatic heterocycles. The van der Waals surface area contributed by atoms with Crippen LogP contribution in [0.15, 0.2) is 46.0 Å². The zero-order valence-corrected chi connectivity index (χ0v) is 14.7. The first-order valence-electron chi connectivity index (χ1n) is 6.32. The number of thioether (sulfide) groups is 2. The Labute approximate surface area is 141 Å². The van der Waals surface area contributed by atoms with E-state index in [4.69, 9.17) is 4.74 Å². The number of benzene rings is 1. The summed E-state index contributed by atoms with van der Waals surface area (Å²) in [4.78, 5) is 16.4. The van der Waals surface area contributed by atoms with Crippen LogP contribution >= 0.6 is 39.5 Å². The molecule has 0 amide bonds. The summed E-state index contributed by atoms with van der Waals surface area (Å²) in [6.07, 6.45) is 3.56. The maximum atomic E-state index is 12.0. The van der Waals surface area contributed by atoms with Gasteiger partial charge in [0.2, 0.25) is 5.12 Å². The number of nitrogens with zero attached hydrogens (tertiary/aromatic N) is 1. The molecule has 0 fully saturated rings. The van der Waals surface area contributed by atoms with Gasteiger partial charge in [0.25, 0.3) is 0 Å². The molecule has 0 N–H and O–H groups in total. The first-order chi connectivity index (χ1) is 10.1. The largest absolute Gasteiger partial charge is 0.493 e. The van der Waals surface area contributed by atoms with Gasteiger partial charge in [-0.1, -0.05) is 33.8 Å². The lowest BCUT2D eigenvalue weighted by molar-refractivity contribution is -0.107. The molecule has 0 bridgehead atoms. The Morgan fingerprint density at radius 2 is 2.33 bits per heavy atom. The molecule has 0 saturated carbocycles. The van der Waals surface area contributed by atoms with Gasteiger partial charge in [-0.3, -0.25) is 4.79 Å². The number of hydrogen-bond donors (Lipinski definition) is 0. The summed E-state index contributed by atoms with van der Waals surface area (Å²) < 4.78 is 7.27. The van der Waals surface area contributed by atoms with Gasteiger partial charge in [0.05, 0.1) is 6.61 Å². The van der Waals surface area contributed by atoms with Crippen LogP contribution in [0.5, 0.6) is 5.75 Å². The van der Waals surface area contributed by atoms with Gasteiger partial charge >= 0.3 is 0 Å². The first kappa shape index (κ1) is 16.4. The summed E-state index contributed by atoms with van der Waals surface area (Å²) >= 11 is 6.11. The highest BCUT2D eigenvalue weighted by Gasteiger charge is 2.22. The summed E-state index contributed by atoms with van der Waals surface area (Å²) in [5.41, 5.74) is 1.29. The van der Waals surface area contributed by atoms with Crippen molar-refractivity contribution in [2.24, 2.45) is 4.99 Å². The van der Waals surface area contributed by atoms with Crippen molar-refractivity contribution < 1.29 is 9.53 Å². The molecule has 21 heavy (non-hydrogen) atoms. The number of carbonyl (C=O) groups is 1. The second-order valence-corrected chi connectivity index (χ2v) is 7.16. The van der Waals surface area contributed by atoms with Crippen LogP contribution in [0.3, 0.4) is 0 Å². The first-order valence-corrected chi connectivity index (χ1v) is 8.92. The monoisotopic (exact) mass is 383 g/mol. The molecule has 1 aromatic carbocycles. The molecular weight excluding hydrogens is 370 g/mol. The molecule has 6 heteroatoms. The van der Waals surface area contributed by atoms with Crippen LogP contribution in [0.1, 0.15) is 12.5 Å². The topological polar surface area (TPSA) is 38.7 Å². The summed E-state index contributed by atoms with van der Waals surface area (Å²) in [5, 5.41) is -0.0380. The van der Waals surface area contributed by atoms with E-state index in [2.05, 4.69) is 27.5 Å². The predicted octanol–water partition coefficient (Wildman–Crippen LogP) is 4.74. The molecule has 2 rings (SSSR count). The van der Waals surface area contributed by atoms with E-state index in [9.17, 15) is 4.79 Å². The Morgan fingerprint density at radius 3 is 3.05 bits per heavy atom. The Kier molecular flexibility index (Phi) is 6.14. The number of hydrogen-bond acceptors (Lipinski definition) is 5. The van der Waals surface area contributed by atoms with Crippen LogP contribution in [0.2, 0.25) is 0 Å². The standard InChI is InChI=1S/C15H14BrNO2S2/c1-3-7-20-15-17-12(14(18)21-15)9-10-8-11(16)5-6-13(10)19-4-2/h3,5-6,8-9H,1,4,7H2,2H3/b12-9+. The lowest BCUT2D eigenvalue weighted by Crippen LogP contribution is -1.95. The summed E-state index contributed by atoms with van der Waals surface area (Å²) in [7, 11) is 0. The summed E-state index contributed by atoms with van der Waals surface area (Å²) in [5.74, 6) is 1.49. The smallest absolute Gasteiger partial charge is 0.244 e. The second kappa shape index (κ2) is 7.87. The van der Waals surface area contributed by atoms with Gasteiger partial charge in [-0.2, -0.15) is 0 Å². The van der Waals surface area contributed by atoms with E-state index in [0.717, 1.165) is 37.7 Å². The van der Waals surface area contributed by atoms with Crippen molar-refractivity contribution in [1.29, 1.82) is 0 Å². The van der Waals surface area contributed by atoms with Crippen molar-refractivity contribution >= 4 is 55.0 Å². The number of ether oxygens (including phenoxy) is 1. The quantitative estimate of drug-likeness (QED) is 0.543. The Bertz CT molecular complexity index is 626. The van der Waals surface area contributed by atoms with Gasteiger partial charge in [0.1, 0.15) is 15.8 Å². The summed E-state index contributed by atoms with van der Waals surface area (Å²) in [6.45, 7) is 6.16. The normalized spacial score (nSPS) is 16.2. The Morgan fingerprint density at radius 1 is 1.52 bits per heavy atom. The van der Waals surface area contributed by atoms with E-state index in [-0.39, 0.29) is 5.12 Å². The molecule has 0 unspecified atom stereocenters. The molecule has 0 spiro atoms. The van der Waals surface area contributed by atoms with Crippen LogP contribution < -0.4 is 4.74 Å². The predicted molar refractivity (Wildman–Crippen MR) is 96.0 cm³/mol. The average Bonchev–Trinajstić information content (AvgIpc) is 2.80. The molecule has 1 heterocycles. The van der Waals surface area contributed by atoms with Gasteiger partial charge < -0.3 is 4.74 Å². The van der Waals surface area contributed by atoms with Crippen molar-refractivity contribution in [2.75, 3.05) is 12.4 Å². The van der Waals surface area contributed by atoms with Crippen LogP contribution in [0.4, 0.5) is 0 Å². The average molecular weight is 384 g/mol. The number of aliphatic imine (C=N–C) groups is 1. The van der Waals surface area contributed by atoms with Gasteiger partial charge in [0.15, 0.2) is 0 Å². The molecule has 0 aliphatic carbocycles. The van der Waals surface area contributed by atoms with Crippen LogP contribution in [-0.2, 0) is 4.79 Å².